The summed E-state index contributed by atoms with van der Waals surface area (Å²) in [6.45, 7) is 0.00336. The number of halogens is 2. The van der Waals surface area contributed by atoms with Crippen molar-refractivity contribution in [1.82, 2.24) is 4.90 Å². The number of aliphatic hydroxyl groups excluding tert-OH is 2. The van der Waals surface area contributed by atoms with E-state index < -0.39 is 18.6 Å². The van der Waals surface area contributed by atoms with Crippen LogP contribution in [0.3, 0.4) is 0 Å². The van der Waals surface area contributed by atoms with Crippen molar-refractivity contribution in [3.05, 3.63) is 48.0 Å². The zero-order chi connectivity index (χ0) is 20.6. The maximum Gasteiger partial charge on any atom is 0.302 e. The number of hydrogen-bond donors (Lipinski definition) is 2. The Morgan fingerprint density at radius 3 is 2.68 bits per heavy atom. The maximum atomic E-state index is 14.3. The molecular formula is C20H25F2NO4S. The molecule has 1 aliphatic rings. The fraction of sp³-hybridized carbons (Fsp3) is 0.500. The van der Waals surface area contributed by atoms with E-state index >= 15 is 0 Å². The number of amides is 1. The van der Waals surface area contributed by atoms with Gasteiger partial charge in [0.05, 0.1) is 6.04 Å². The van der Waals surface area contributed by atoms with E-state index in [4.69, 9.17) is 5.11 Å². The normalized spacial score (nSPS) is 18.8. The van der Waals surface area contributed by atoms with E-state index in [2.05, 4.69) is 0 Å². The summed E-state index contributed by atoms with van der Waals surface area (Å²) in [4.78, 5) is 24.7. The van der Waals surface area contributed by atoms with Gasteiger partial charge in [0, 0.05) is 24.3 Å². The molecule has 0 saturated carbocycles. The minimum atomic E-state index is -3.42. The molecule has 1 saturated heterocycles. The van der Waals surface area contributed by atoms with Crippen molar-refractivity contribution in [2.24, 2.45) is 0 Å². The van der Waals surface area contributed by atoms with Gasteiger partial charge in [-0.05, 0) is 12.8 Å². The first kappa shape index (κ1) is 22.5. The number of carbonyl (C=O) groups is 2. The quantitative estimate of drug-likeness (QED) is 0.430. The molecule has 1 aliphatic heterocycles. The average molecular weight is 413 g/mol. The van der Waals surface area contributed by atoms with Crippen molar-refractivity contribution < 1.29 is 28.6 Å². The van der Waals surface area contributed by atoms with Crippen molar-refractivity contribution in [3.8, 4) is 0 Å². The van der Waals surface area contributed by atoms with Crippen LogP contribution in [0, 0.1) is 0 Å². The fourth-order valence-corrected chi connectivity index (χ4v) is 3.92. The van der Waals surface area contributed by atoms with Gasteiger partial charge in [0.15, 0.2) is 5.78 Å². The molecule has 1 aromatic carbocycles. The Labute approximate surface area is 167 Å². The summed E-state index contributed by atoms with van der Waals surface area (Å²) in [7, 11) is 0. The van der Waals surface area contributed by atoms with Gasteiger partial charge < -0.3 is 15.1 Å². The molecule has 8 heteroatoms. The number of aliphatic hydroxyl groups is 2. The van der Waals surface area contributed by atoms with E-state index in [1.54, 1.807) is 11.0 Å². The molecular weight excluding hydrogens is 388 g/mol. The number of rotatable bonds is 11. The van der Waals surface area contributed by atoms with Crippen LogP contribution in [0.2, 0.25) is 0 Å². The van der Waals surface area contributed by atoms with Crippen molar-refractivity contribution in [1.29, 1.82) is 0 Å². The van der Waals surface area contributed by atoms with Crippen LogP contribution in [0.15, 0.2) is 42.5 Å². The van der Waals surface area contributed by atoms with Gasteiger partial charge in [-0.25, -0.2) is 0 Å². The molecule has 1 heterocycles. The summed E-state index contributed by atoms with van der Waals surface area (Å²) in [5.41, 5.74) is -0.265. The molecule has 2 unspecified atom stereocenters. The van der Waals surface area contributed by atoms with E-state index in [1.807, 2.05) is 0 Å². The SMILES string of the molecule is O=C(CO)CCCCCN1C(=O)SCC1/C=C/C(O)C(F)(F)c1ccccc1. The Bertz CT molecular complexity index is 684. The van der Waals surface area contributed by atoms with Crippen LogP contribution in [0.4, 0.5) is 13.6 Å². The number of unbranched alkanes of at least 4 members (excludes halogenated alkanes) is 2. The summed E-state index contributed by atoms with van der Waals surface area (Å²) in [6, 6.07) is 6.78. The number of Topliss-reactive ketones (excluding diaryl/α,β-unsaturated/α-hetero) is 1. The Morgan fingerprint density at radius 2 is 2.00 bits per heavy atom. The molecule has 5 nitrogen and oxygen atoms in total. The smallest absolute Gasteiger partial charge is 0.302 e. The van der Waals surface area contributed by atoms with E-state index in [0.717, 1.165) is 24.3 Å². The first-order valence-electron chi connectivity index (χ1n) is 9.22. The molecule has 2 N–H and O–H groups in total. The molecule has 1 amide bonds. The highest BCUT2D eigenvalue weighted by Crippen LogP contribution is 2.33. The third-order valence-corrected chi connectivity index (χ3v) is 5.58. The Balaban J connectivity index is 1.88. The standard InChI is InChI=1S/C20H25F2NO4S/c21-20(22,15-7-3-1-4-8-15)18(26)11-10-16-14-28-19(27)23(16)12-6-2-5-9-17(25)13-24/h1,3-4,7-8,10-11,16,18,24,26H,2,5-6,9,12-14H2/b11-10+. The van der Waals surface area contributed by atoms with E-state index in [0.29, 0.717) is 31.6 Å². The van der Waals surface area contributed by atoms with E-state index in [9.17, 15) is 23.5 Å². The van der Waals surface area contributed by atoms with Gasteiger partial charge in [-0.3, -0.25) is 9.59 Å². The van der Waals surface area contributed by atoms with Crippen LogP contribution in [0.5, 0.6) is 0 Å². The first-order chi connectivity index (χ1) is 13.4. The van der Waals surface area contributed by atoms with Crippen LogP contribution in [0.1, 0.15) is 31.2 Å². The second-order valence-electron chi connectivity index (χ2n) is 6.66. The monoisotopic (exact) mass is 413 g/mol. The van der Waals surface area contributed by atoms with Gasteiger partial charge in [0.25, 0.3) is 5.24 Å². The van der Waals surface area contributed by atoms with Gasteiger partial charge in [-0.15, -0.1) is 0 Å². The third kappa shape index (κ3) is 6.12. The zero-order valence-electron chi connectivity index (χ0n) is 15.5. The van der Waals surface area contributed by atoms with Gasteiger partial charge in [-0.2, -0.15) is 8.78 Å². The molecule has 2 rings (SSSR count). The Kier molecular flexibility index (Phi) is 8.59. The summed E-state index contributed by atoms with van der Waals surface area (Å²) in [5, 5.41) is 18.5. The number of alkyl halides is 2. The topological polar surface area (TPSA) is 77.8 Å². The van der Waals surface area contributed by atoms with Crippen LogP contribution >= 0.6 is 11.8 Å². The second kappa shape index (κ2) is 10.7. The summed E-state index contributed by atoms with van der Waals surface area (Å²) in [5.74, 6) is -3.18. The third-order valence-electron chi connectivity index (χ3n) is 4.59. The molecule has 0 radical (unpaired) electrons. The lowest BCUT2D eigenvalue weighted by molar-refractivity contribution is -0.121. The number of benzene rings is 1. The number of hydrogen-bond acceptors (Lipinski definition) is 5. The van der Waals surface area contributed by atoms with Gasteiger partial charge >= 0.3 is 5.92 Å². The molecule has 0 bridgehead atoms. The minimum Gasteiger partial charge on any atom is -0.389 e. The van der Waals surface area contributed by atoms with Crippen molar-refractivity contribution in [2.45, 2.75) is 43.8 Å². The largest absolute Gasteiger partial charge is 0.389 e. The van der Waals surface area contributed by atoms with E-state index in [1.165, 1.54) is 30.3 Å². The molecule has 1 aromatic rings. The molecule has 0 aliphatic carbocycles. The molecule has 2 atom stereocenters. The van der Waals surface area contributed by atoms with Crippen molar-refractivity contribution in [2.75, 3.05) is 18.9 Å². The first-order valence-corrected chi connectivity index (χ1v) is 10.2. The summed E-state index contributed by atoms with van der Waals surface area (Å²) >= 11 is 1.12. The predicted molar refractivity (Wildman–Crippen MR) is 104 cm³/mol. The number of ketones is 1. The predicted octanol–water partition coefficient (Wildman–Crippen LogP) is 3.35. The molecule has 1 fully saturated rings. The van der Waals surface area contributed by atoms with Gasteiger partial charge in [0.2, 0.25) is 0 Å². The van der Waals surface area contributed by atoms with Crippen molar-refractivity contribution >= 4 is 22.8 Å². The highest BCUT2D eigenvalue weighted by atomic mass is 32.2. The summed E-state index contributed by atoms with van der Waals surface area (Å²) in [6.07, 6.45) is 2.89. The number of nitrogens with zero attached hydrogens (tertiary/aromatic N) is 1. The van der Waals surface area contributed by atoms with Crippen LogP contribution in [0.25, 0.3) is 0 Å². The minimum absolute atomic E-state index is 0.120. The maximum absolute atomic E-state index is 14.3. The Morgan fingerprint density at radius 1 is 1.29 bits per heavy atom. The molecule has 0 aromatic heterocycles. The highest BCUT2D eigenvalue weighted by Gasteiger charge is 2.39. The lowest BCUT2D eigenvalue weighted by Crippen LogP contribution is -2.34. The zero-order valence-corrected chi connectivity index (χ0v) is 16.3. The van der Waals surface area contributed by atoms with E-state index in [-0.39, 0.29) is 22.6 Å². The van der Waals surface area contributed by atoms with Crippen LogP contribution in [-0.2, 0) is 10.7 Å². The van der Waals surface area contributed by atoms with Crippen molar-refractivity contribution in [3.63, 3.8) is 0 Å². The second-order valence-corrected chi connectivity index (χ2v) is 7.64. The lowest BCUT2D eigenvalue weighted by Gasteiger charge is -2.23. The van der Waals surface area contributed by atoms with Crippen LogP contribution < -0.4 is 0 Å². The fourth-order valence-electron chi connectivity index (χ4n) is 2.93. The summed E-state index contributed by atoms with van der Waals surface area (Å²) < 4.78 is 28.7. The number of thioether (sulfide) groups is 1. The molecule has 0 spiro atoms. The van der Waals surface area contributed by atoms with Gasteiger partial charge in [-0.1, -0.05) is 60.7 Å². The average Bonchev–Trinajstić information content (AvgIpc) is 3.05. The lowest BCUT2D eigenvalue weighted by atomic mass is 10.0. The van der Waals surface area contributed by atoms with Crippen LogP contribution in [-0.4, -0.2) is 57.2 Å². The molecule has 154 valence electrons. The van der Waals surface area contributed by atoms with Gasteiger partial charge in [0.1, 0.15) is 12.7 Å². The Hall–Kier alpha value is -1.77. The highest BCUT2D eigenvalue weighted by molar-refractivity contribution is 8.13. The molecule has 28 heavy (non-hydrogen) atoms. The number of carbonyl (C=O) groups excluding carboxylic acids is 2.